The van der Waals surface area contributed by atoms with E-state index in [9.17, 15) is 8.78 Å². The summed E-state index contributed by atoms with van der Waals surface area (Å²) in [6, 6.07) is 3.55. The normalized spacial score (nSPS) is 14.8. The van der Waals surface area contributed by atoms with Gasteiger partial charge >= 0.3 is 0 Å². The molecular weight excluding hydrogens is 481 g/mol. The lowest BCUT2D eigenvalue weighted by atomic mass is 10.2. The van der Waals surface area contributed by atoms with Crippen molar-refractivity contribution in [3.05, 3.63) is 41.5 Å². The van der Waals surface area contributed by atoms with Crippen molar-refractivity contribution in [2.75, 3.05) is 44.7 Å². The molecule has 1 fully saturated rings. The van der Waals surface area contributed by atoms with E-state index < -0.39 is 11.6 Å². The average molecular weight is 506 g/mol. The Morgan fingerprint density at radius 1 is 1.25 bits per heavy atom. The maximum atomic E-state index is 13.9. The number of piperazine rings is 1. The van der Waals surface area contributed by atoms with Crippen molar-refractivity contribution in [3.8, 4) is 0 Å². The molecule has 0 atom stereocenters. The van der Waals surface area contributed by atoms with Gasteiger partial charge in [0.15, 0.2) is 11.8 Å². The predicted molar refractivity (Wildman–Crippen MR) is 114 cm³/mol. The average Bonchev–Trinajstić information content (AvgIpc) is 3.09. The van der Waals surface area contributed by atoms with E-state index >= 15 is 0 Å². The minimum absolute atomic E-state index is 0. The number of guanidine groups is 1. The minimum atomic E-state index is -0.428. The van der Waals surface area contributed by atoms with Crippen LogP contribution in [0.2, 0.25) is 0 Å². The zero-order valence-electron chi connectivity index (χ0n) is 16.0. The number of hydrogen-bond acceptors (Lipinski definition) is 5. The number of aromatic nitrogens is 2. The lowest BCUT2D eigenvalue weighted by molar-refractivity contribution is 0.364. The molecule has 154 valence electrons. The topological polar surface area (TPSA) is 69.8 Å². The highest BCUT2D eigenvalue weighted by atomic mass is 127. The molecule has 1 saturated heterocycles. The number of aryl methyl sites for hydroxylation is 2. The molecule has 10 heteroatoms. The molecule has 0 saturated carbocycles. The third-order valence-electron chi connectivity index (χ3n) is 4.46. The van der Waals surface area contributed by atoms with Crippen LogP contribution in [0.5, 0.6) is 0 Å². The summed E-state index contributed by atoms with van der Waals surface area (Å²) >= 11 is 0. The molecule has 1 aliphatic heterocycles. The summed E-state index contributed by atoms with van der Waals surface area (Å²) in [5.41, 5.74) is 0.312. The van der Waals surface area contributed by atoms with E-state index in [0.717, 1.165) is 25.0 Å². The number of halogens is 3. The molecule has 7 nitrogen and oxygen atoms in total. The van der Waals surface area contributed by atoms with E-state index in [4.69, 9.17) is 4.52 Å². The van der Waals surface area contributed by atoms with Crippen LogP contribution in [0.25, 0.3) is 0 Å². The van der Waals surface area contributed by atoms with Crippen LogP contribution in [-0.4, -0.2) is 60.8 Å². The molecule has 0 radical (unpaired) electrons. The number of rotatable bonds is 5. The number of hydrogen-bond donors (Lipinski definition) is 1. The zero-order chi connectivity index (χ0) is 19.2. The summed E-state index contributed by atoms with van der Waals surface area (Å²) in [7, 11) is 1.74. The molecule has 1 aromatic carbocycles. The summed E-state index contributed by atoms with van der Waals surface area (Å²) in [6.07, 6.45) is 1.55. The van der Waals surface area contributed by atoms with Gasteiger partial charge in [0.1, 0.15) is 11.6 Å². The lowest BCUT2D eigenvalue weighted by Crippen LogP contribution is -2.52. The summed E-state index contributed by atoms with van der Waals surface area (Å²) in [5, 5.41) is 7.10. The van der Waals surface area contributed by atoms with Crippen molar-refractivity contribution in [1.29, 1.82) is 0 Å². The first-order valence-electron chi connectivity index (χ1n) is 9.01. The van der Waals surface area contributed by atoms with Crippen LogP contribution in [-0.2, 0) is 6.42 Å². The molecule has 0 aliphatic carbocycles. The molecule has 1 aromatic heterocycles. The van der Waals surface area contributed by atoms with Crippen LogP contribution in [0.15, 0.2) is 27.7 Å². The molecule has 28 heavy (non-hydrogen) atoms. The second-order valence-electron chi connectivity index (χ2n) is 6.38. The third-order valence-corrected chi connectivity index (χ3v) is 4.46. The highest BCUT2D eigenvalue weighted by Gasteiger charge is 2.22. The van der Waals surface area contributed by atoms with E-state index in [2.05, 4.69) is 25.3 Å². The van der Waals surface area contributed by atoms with Crippen molar-refractivity contribution >= 4 is 35.6 Å². The van der Waals surface area contributed by atoms with Gasteiger partial charge in [0.2, 0.25) is 5.89 Å². The van der Waals surface area contributed by atoms with Gasteiger partial charge < -0.3 is 19.6 Å². The smallest absolute Gasteiger partial charge is 0.226 e. The number of aliphatic imine (C=N–C) groups is 1. The Morgan fingerprint density at radius 3 is 2.64 bits per heavy atom. The van der Waals surface area contributed by atoms with Crippen LogP contribution in [0.3, 0.4) is 0 Å². The molecular formula is C18H25F2IN6O. The van der Waals surface area contributed by atoms with Gasteiger partial charge in [0, 0.05) is 52.3 Å². The van der Waals surface area contributed by atoms with Crippen LogP contribution >= 0.6 is 24.0 Å². The maximum Gasteiger partial charge on any atom is 0.226 e. The molecule has 0 amide bonds. The second kappa shape index (κ2) is 10.5. The Morgan fingerprint density at radius 2 is 2.00 bits per heavy atom. The molecule has 0 unspecified atom stereocenters. The molecule has 2 heterocycles. The molecule has 1 N–H and O–H groups in total. The molecule has 1 aliphatic rings. The number of anilines is 1. The highest BCUT2D eigenvalue weighted by molar-refractivity contribution is 14.0. The lowest BCUT2D eigenvalue weighted by Gasteiger charge is -2.37. The standard InChI is InChI=1S/C18H24F2N6O.HI/c1-13-23-17(27-24-13)4-3-7-22-18(21-2)26-10-8-25(9-11-26)16-12-14(19)5-6-15(16)20;/h5-6,12H,3-4,7-11H2,1-2H3,(H,21,22);1H. The zero-order valence-corrected chi connectivity index (χ0v) is 18.3. The van der Waals surface area contributed by atoms with Crippen molar-refractivity contribution in [1.82, 2.24) is 20.4 Å². The number of nitrogens with one attached hydrogen (secondary N) is 1. The van der Waals surface area contributed by atoms with Crippen molar-refractivity contribution in [2.24, 2.45) is 4.99 Å². The molecule has 2 aromatic rings. The largest absolute Gasteiger partial charge is 0.366 e. The third kappa shape index (κ3) is 5.76. The van der Waals surface area contributed by atoms with Crippen LogP contribution in [0.4, 0.5) is 14.5 Å². The summed E-state index contributed by atoms with van der Waals surface area (Å²) in [5.74, 6) is 1.25. The molecule has 0 spiro atoms. The van der Waals surface area contributed by atoms with E-state index in [1.807, 2.05) is 4.90 Å². The minimum Gasteiger partial charge on any atom is -0.366 e. The van der Waals surface area contributed by atoms with Gasteiger partial charge in [-0.15, -0.1) is 24.0 Å². The first kappa shape index (κ1) is 22.3. The SMILES string of the molecule is CN=C(NCCCc1nc(C)no1)N1CCN(c2cc(F)ccc2F)CC1.I. The van der Waals surface area contributed by atoms with Crippen LogP contribution in [0.1, 0.15) is 18.1 Å². The number of nitrogens with zero attached hydrogens (tertiary/aromatic N) is 5. The van der Waals surface area contributed by atoms with Gasteiger partial charge in [0.25, 0.3) is 0 Å². The van der Waals surface area contributed by atoms with E-state index in [1.165, 1.54) is 12.1 Å². The van der Waals surface area contributed by atoms with Gasteiger partial charge in [0.05, 0.1) is 5.69 Å². The van der Waals surface area contributed by atoms with Gasteiger partial charge in [-0.1, -0.05) is 5.16 Å². The van der Waals surface area contributed by atoms with Crippen molar-refractivity contribution < 1.29 is 13.3 Å². The first-order chi connectivity index (χ1) is 13.1. The van der Waals surface area contributed by atoms with E-state index in [-0.39, 0.29) is 24.0 Å². The van der Waals surface area contributed by atoms with Gasteiger partial charge in [-0.3, -0.25) is 4.99 Å². The van der Waals surface area contributed by atoms with Crippen molar-refractivity contribution in [2.45, 2.75) is 19.8 Å². The van der Waals surface area contributed by atoms with Crippen molar-refractivity contribution in [3.63, 3.8) is 0 Å². The Kier molecular flexibility index (Phi) is 8.39. The number of benzene rings is 1. The maximum absolute atomic E-state index is 13.9. The van der Waals surface area contributed by atoms with Crippen LogP contribution < -0.4 is 10.2 Å². The summed E-state index contributed by atoms with van der Waals surface area (Å²) in [6.45, 7) is 5.08. The summed E-state index contributed by atoms with van der Waals surface area (Å²) < 4.78 is 32.5. The first-order valence-corrected chi connectivity index (χ1v) is 9.01. The Hall–Kier alpha value is -1.98. The van der Waals surface area contributed by atoms with Gasteiger partial charge in [-0.25, -0.2) is 8.78 Å². The van der Waals surface area contributed by atoms with Gasteiger partial charge in [-0.2, -0.15) is 4.98 Å². The Bertz CT molecular complexity index is 792. The van der Waals surface area contributed by atoms with E-state index in [0.29, 0.717) is 50.0 Å². The molecule has 0 bridgehead atoms. The fraction of sp³-hybridized carbons (Fsp3) is 0.500. The van der Waals surface area contributed by atoms with Crippen LogP contribution in [0, 0.1) is 18.6 Å². The monoisotopic (exact) mass is 506 g/mol. The predicted octanol–water partition coefficient (Wildman–Crippen LogP) is 2.60. The fourth-order valence-corrected chi connectivity index (χ4v) is 3.10. The Balaban J connectivity index is 0.00000280. The fourth-order valence-electron chi connectivity index (χ4n) is 3.10. The van der Waals surface area contributed by atoms with E-state index in [1.54, 1.807) is 14.0 Å². The molecule has 3 rings (SSSR count). The summed E-state index contributed by atoms with van der Waals surface area (Å²) in [4.78, 5) is 12.5. The second-order valence-corrected chi connectivity index (χ2v) is 6.38. The quantitative estimate of drug-likeness (QED) is 0.291. The van der Waals surface area contributed by atoms with Gasteiger partial charge in [-0.05, 0) is 25.5 Å². The Labute approximate surface area is 180 Å². The highest BCUT2D eigenvalue weighted by Crippen LogP contribution is 2.21.